The van der Waals surface area contributed by atoms with Crippen molar-refractivity contribution >= 4 is 0 Å². The zero-order valence-electron chi connectivity index (χ0n) is 18.9. The number of hydrogen-bond acceptors (Lipinski definition) is 6. The molecule has 0 saturated carbocycles. The molecule has 0 bridgehead atoms. The van der Waals surface area contributed by atoms with E-state index < -0.39 is 17.2 Å². The number of nitrogens with zero attached hydrogens (tertiary/aromatic N) is 5. The summed E-state index contributed by atoms with van der Waals surface area (Å²) < 4.78 is 34.7. The Labute approximate surface area is 196 Å². The van der Waals surface area contributed by atoms with Crippen molar-refractivity contribution in [2.75, 3.05) is 20.7 Å². The SMILES string of the molecule is COc1ccc(-c2ccc(CN(C)CC(O)(Cn3cncn3)c3ccc(F)cc3F)nc2)cc1. The molecule has 2 aromatic carbocycles. The standard InChI is InChI=1S/C25H25F2N5O2/c1-31(13-21-7-3-19(12-29-21)18-4-8-22(34-2)9-5-18)14-25(33,15-32-17-28-16-30-32)23-10-6-20(26)11-24(23)27/h3-12,16-17,33H,13-15H2,1-2H3. The molecule has 4 rings (SSSR count). The number of ether oxygens (including phenoxy) is 1. The number of hydrogen-bond donors (Lipinski definition) is 1. The van der Waals surface area contributed by atoms with Gasteiger partial charge >= 0.3 is 0 Å². The third-order valence-corrected chi connectivity index (χ3v) is 5.53. The van der Waals surface area contributed by atoms with Gasteiger partial charge in [-0.05, 0) is 36.9 Å². The summed E-state index contributed by atoms with van der Waals surface area (Å²) in [6.45, 7) is 0.409. The van der Waals surface area contributed by atoms with Crippen molar-refractivity contribution in [2.24, 2.45) is 0 Å². The van der Waals surface area contributed by atoms with Gasteiger partial charge in [0.25, 0.3) is 0 Å². The minimum absolute atomic E-state index is 0.0148. The Morgan fingerprint density at radius 1 is 1.06 bits per heavy atom. The Morgan fingerprint density at radius 3 is 2.44 bits per heavy atom. The lowest BCUT2D eigenvalue weighted by Crippen LogP contribution is -2.43. The van der Waals surface area contributed by atoms with Gasteiger partial charge in [0.05, 0.1) is 19.3 Å². The number of rotatable bonds is 9. The second-order valence-electron chi connectivity index (χ2n) is 8.19. The molecule has 0 aliphatic heterocycles. The van der Waals surface area contributed by atoms with Gasteiger partial charge in [-0.15, -0.1) is 0 Å². The van der Waals surface area contributed by atoms with Gasteiger partial charge in [0.1, 0.15) is 35.6 Å². The molecule has 176 valence electrons. The second kappa shape index (κ2) is 10.1. The van der Waals surface area contributed by atoms with Crippen molar-refractivity contribution in [1.29, 1.82) is 0 Å². The van der Waals surface area contributed by atoms with Gasteiger partial charge < -0.3 is 9.84 Å². The van der Waals surface area contributed by atoms with Crippen LogP contribution in [0.15, 0.2) is 73.4 Å². The van der Waals surface area contributed by atoms with Gasteiger partial charge in [0.2, 0.25) is 0 Å². The van der Waals surface area contributed by atoms with Crippen LogP contribution in [0.4, 0.5) is 8.78 Å². The van der Waals surface area contributed by atoms with Crippen LogP contribution in [0.2, 0.25) is 0 Å². The first-order chi connectivity index (χ1) is 16.4. The van der Waals surface area contributed by atoms with E-state index in [1.54, 1.807) is 20.4 Å². The Bertz CT molecular complexity index is 1220. The van der Waals surface area contributed by atoms with E-state index in [0.29, 0.717) is 6.54 Å². The maximum absolute atomic E-state index is 14.6. The average Bonchev–Trinajstić information content (AvgIpc) is 3.32. The molecule has 1 atom stereocenters. The Balaban J connectivity index is 1.50. The summed E-state index contributed by atoms with van der Waals surface area (Å²) in [4.78, 5) is 10.3. The lowest BCUT2D eigenvalue weighted by atomic mass is 9.92. The van der Waals surface area contributed by atoms with Crippen LogP contribution in [0.1, 0.15) is 11.3 Å². The number of aromatic nitrogens is 4. The van der Waals surface area contributed by atoms with Crippen LogP contribution < -0.4 is 4.74 Å². The Kier molecular flexibility index (Phi) is 6.95. The molecular formula is C25H25F2N5O2. The van der Waals surface area contributed by atoms with E-state index >= 15 is 0 Å². The van der Waals surface area contributed by atoms with Crippen molar-refractivity contribution in [2.45, 2.75) is 18.7 Å². The fraction of sp³-hybridized carbons (Fsp3) is 0.240. The first-order valence-electron chi connectivity index (χ1n) is 10.6. The quantitative estimate of drug-likeness (QED) is 0.407. The smallest absolute Gasteiger partial charge is 0.137 e. The molecule has 0 fully saturated rings. The average molecular weight is 466 g/mol. The molecule has 0 radical (unpaired) electrons. The molecule has 0 saturated heterocycles. The van der Waals surface area contributed by atoms with Crippen molar-refractivity contribution in [3.8, 4) is 16.9 Å². The number of aliphatic hydroxyl groups is 1. The molecule has 0 amide bonds. The molecule has 1 N–H and O–H groups in total. The summed E-state index contributed by atoms with van der Waals surface area (Å²) in [5.41, 5.74) is 1.07. The molecule has 0 aliphatic carbocycles. The van der Waals surface area contributed by atoms with E-state index in [2.05, 4.69) is 15.1 Å². The molecule has 7 nitrogen and oxygen atoms in total. The van der Waals surface area contributed by atoms with Crippen LogP contribution in [0.25, 0.3) is 11.1 Å². The monoisotopic (exact) mass is 465 g/mol. The van der Waals surface area contributed by atoms with E-state index in [4.69, 9.17) is 4.74 Å². The van der Waals surface area contributed by atoms with Crippen LogP contribution in [-0.4, -0.2) is 50.5 Å². The molecule has 2 heterocycles. The number of likely N-dealkylation sites (N-methyl/N-ethyl adjacent to an activating group) is 1. The highest BCUT2D eigenvalue weighted by atomic mass is 19.1. The lowest BCUT2D eigenvalue weighted by molar-refractivity contribution is -0.0177. The minimum Gasteiger partial charge on any atom is -0.497 e. The maximum Gasteiger partial charge on any atom is 0.137 e. The molecular weight excluding hydrogens is 440 g/mol. The van der Waals surface area contributed by atoms with Crippen molar-refractivity contribution < 1.29 is 18.6 Å². The summed E-state index contributed by atoms with van der Waals surface area (Å²) in [6.07, 6.45) is 4.55. The molecule has 34 heavy (non-hydrogen) atoms. The topological polar surface area (TPSA) is 76.3 Å². The highest BCUT2D eigenvalue weighted by Gasteiger charge is 2.35. The predicted octanol–water partition coefficient (Wildman–Crippen LogP) is 3.65. The lowest BCUT2D eigenvalue weighted by Gasteiger charge is -2.33. The summed E-state index contributed by atoms with van der Waals surface area (Å²) in [7, 11) is 3.42. The van der Waals surface area contributed by atoms with Gasteiger partial charge in [-0.25, -0.2) is 18.4 Å². The van der Waals surface area contributed by atoms with Crippen molar-refractivity contribution in [1.82, 2.24) is 24.6 Å². The molecule has 2 aromatic heterocycles. The van der Waals surface area contributed by atoms with E-state index in [1.807, 2.05) is 41.3 Å². The second-order valence-corrected chi connectivity index (χ2v) is 8.19. The van der Waals surface area contributed by atoms with Gasteiger partial charge in [-0.2, -0.15) is 5.10 Å². The normalized spacial score (nSPS) is 13.1. The van der Waals surface area contributed by atoms with Crippen LogP contribution in [0.5, 0.6) is 5.75 Å². The number of halogens is 2. The van der Waals surface area contributed by atoms with E-state index in [9.17, 15) is 13.9 Å². The Hall–Kier alpha value is -3.69. The van der Waals surface area contributed by atoms with Crippen LogP contribution in [0.3, 0.4) is 0 Å². The number of methoxy groups -OCH3 is 1. The van der Waals surface area contributed by atoms with Crippen LogP contribution in [0, 0.1) is 11.6 Å². The zero-order valence-corrected chi connectivity index (χ0v) is 18.9. The molecule has 1 unspecified atom stereocenters. The van der Waals surface area contributed by atoms with E-state index in [1.165, 1.54) is 23.4 Å². The fourth-order valence-electron chi connectivity index (χ4n) is 3.92. The minimum atomic E-state index is -1.68. The van der Waals surface area contributed by atoms with Crippen molar-refractivity contribution in [3.05, 3.63) is 96.3 Å². The van der Waals surface area contributed by atoms with Crippen molar-refractivity contribution in [3.63, 3.8) is 0 Å². The fourth-order valence-corrected chi connectivity index (χ4v) is 3.92. The summed E-state index contributed by atoms with van der Waals surface area (Å²) in [5.74, 6) is -0.747. The molecule has 9 heteroatoms. The highest BCUT2D eigenvalue weighted by molar-refractivity contribution is 5.63. The van der Waals surface area contributed by atoms with Crippen LogP contribution >= 0.6 is 0 Å². The summed E-state index contributed by atoms with van der Waals surface area (Å²) >= 11 is 0. The summed E-state index contributed by atoms with van der Waals surface area (Å²) in [5, 5.41) is 15.5. The van der Waals surface area contributed by atoms with E-state index in [0.717, 1.165) is 34.7 Å². The predicted molar refractivity (Wildman–Crippen MR) is 123 cm³/mol. The molecule has 0 spiro atoms. The number of benzene rings is 2. The summed E-state index contributed by atoms with van der Waals surface area (Å²) in [6, 6.07) is 14.7. The highest BCUT2D eigenvalue weighted by Crippen LogP contribution is 2.28. The first kappa shape index (κ1) is 23.5. The third-order valence-electron chi connectivity index (χ3n) is 5.53. The molecule has 0 aliphatic rings. The maximum atomic E-state index is 14.6. The Morgan fingerprint density at radius 2 is 1.82 bits per heavy atom. The third kappa shape index (κ3) is 5.44. The van der Waals surface area contributed by atoms with Crippen LogP contribution in [-0.2, 0) is 18.7 Å². The van der Waals surface area contributed by atoms with Gasteiger partial charge in [-0.1, -0.05) is 24.3 Å². The molecule has 4 aromatic rings. The zero-order chi connectivity index (χ0) is 24.1. The van der Waals surface area contributed by atoms with Gasteiger partial charge in [0, 0.05) is 36.5 Å². The van der Waals surface area contributed by atoms with E-state index in [-0.39, 0.29) is 18.7 Å². The number of pyridine rings is 1. The van der Waals surface area contributed by atoms with Gasteiger partial charge in [0.15, 0.2) is 0 Å². The largest absolute Gasteiger partial charge is 0.497 e. The van der Waals surface area contributed by atoms with Gasteiger partial charge in [-0.3, -0.25) is 9.88 Å². The first-order valence-corrected chi connectivity index (χ1v) is 10.6.